The van der Waals surface area contributed by atoms with E-state index in [0.717, 1.165) is 0 Å². The maximum Gasteiger partial charge on any atom is 0.311 e. The van der Waals surface area contributed by atoms with Gasteiger partial charge in [-0.15, -0.1) is 0 Å². The van der Waals surface area contributed by atoms with Gasteiger partial charge in [-0.1, -0.05) is 0 Å². The maximum atomic E-state index is 12.6. The molecule has 0 aromatic rings. The molecule has 0 aromatic carbocycles. The van der Waals surface area contributed by atoms with Gasteiger partial charge in [-0.3, -0.25) is 14.4 Å². The largest absolute Gasteiger partial charge is 0.455 e. The normalized spacial score (nSPS) is 27.9. The maximum absolute atomic E-state index is 12.6. The summed E-state index contributed by atoms with van der Waals surface area (Å²) in [6.07, 6.45) is -7.02. The van der Waals surface area contributed by atoms with Gasteiger partial charge in [-0.05, 0) is 62.3 Å². The molecule has 2 N–H and O–H groups in total. The Kier molecular flexibility index (Phi) is 8.07. The minimum Gasteiger partial charge on any atom is -0.455 e. The highest BCUT2D eigenvalue weighted by Crippen LogP contribution is 2.32. The molecular weight excluding hydrogens is 396 g/mol. The lowest BCUT2D eigenvalue weighted by Crippen LogP contribution is -2.63. The zero-order valence-electron chi connectivity index (χ0n) is 19.3. The third kappa shape index (κ3) is 6.65. The number of ether oxygens (including phenoxy) is 4. The molecule has 9 heteroatoms. The summed E-state index contributed by atoms with van der Waals surface area (Å²) in [5, 5.41) is 20.2. The Labute approximate surface area is 178 Å². The second-order valence-corrected chi connectivity index (χ2v) is 10.6. The number of rotatable bonds is 4. The van der Waals surface area contributed by atoms with Crippen LogP contribution in [0.5, 0.6) is 0 Å². The van der Waals surface area contributed by atoms with Crippen molar-refractivity contribution in [2.24, 2.45) is 16.2 Å². The number of carbonyl (C=O) groups excluding carboxylic acids is 3. The van der Waals surface area contributed by atoms with E-state index in [-0.39, 0.29) is 0 Å². The Balaban J connectivity index is 3.37. The van der Waals surface area contributed by atoms with Crippen molar-refractivity contribution in [3.05, 3.63) is 0 Å². The molecule has 0 unspecified atom stereocenters. The lowest BCUT2D eigenvalue weighted by molar-refractivity contribution is -0.300. The molecule has 1 heterocycles. The first-order chi connectivity index (χ1) is 13.4. The Morgan fingerprint density at radius 3 is 1.37 bits per heavy atom. The van der Waals surface area contributed by atoms with Crippen LogP contribution in [-0.4, -0.2) is 65.4 Å². The van der Waals surface area contributed by atoms with Gasteiger partial charge < -0.3 is 29.2 Å². The van der Waals surface area contributed by atoms with Gasteiger partial charge in [0.25, 0.3) is 0 Å². The highest BCUT2D eigenvalue weighted by molar-refractivity contribution is 5.77. The summed E-state index contributed by atoms with van der Waals surface area (Å²) in [4.78, 5) is 37.6. The van der Waals surface area contributed by atoms with Crippen LogP contribution in [0.1, 0.15) is 62.3 Å². The van der Waals surface area contributed by atoms with Gasteiger partial charge in [0.05, 0.1) is 22.9 Å². The van der Waals surface area contributed by atoms with E-state index < -0.39 is 71.5 Å². The first-order valence-corrected chi connectivity index (χ1v) is 9.97. The van der Waals surface area contributed by atoms with Gasteiger partial charge in [-0.25, -0.2) is 0 Å². The van der Waals surface area contributed by atoms with E-state index in [1.165, 1.54) is 0 Å². The molecule has 1 aliphatic heterocycles. The van der Waals surface area contributed by atoms with Crippen molar-refractivity contribution in [1.29, 1.82) is 0 Å². The number of hydrogen-bond acceptors (Lipinski definition) is 9. The van der Waals surface area contributed by atoms with Crippen LogP contribution in [0.15, 0.2) is 0 Å². The topological polar surface area (TPSA) is 129 Å². The van der Waals surface area contributed by atoms with Crippen molar-refractivity contribution >= 4 is 17.9 Å². The minimum absolute atomic E-state index is 0.622. The van der Waals surface area contributed by atoms with Crippen LogP contribution in [0.25, 0.3) is 0 Å². The first kappa shape index (κ1) is 26.3. The van der Waals surface area contributed by atoms with Crippen molar-refractivity contribution in [2.45, 2.75) is 93.0 Å². The fourth-order valence-electron chi connectivity index (χ4n) is 2.35. The monoisotopic (exact) mass is 432 g/mol. The summed E-state index contributed by atoms with van der Waals surface area (Å²) in [6, 6.07) is 0. The Morgan fingerprint density at radius 2 is 1.03 bits per heavy atom. The van der Waals surface area contributed by atoms with Crippen LogP contribution in [-0.2, 0) is 33.3 Å². The second-order valence-electron chi connectivity index (χ2n) is 10.6. The van der Waals surface area contributed by atoms with E-state index in [0.29, 0.717) is 0 Å². The fraction of sp³-hybridized carbons (Fsp3) is 0.857. The predicted octanol–water partition coefficient (Wildman–Crippen LogP) is 1.57. The van der Waals surface area contributed by atoms with E-state index in [1.54, 1.807) is 62.3 Å². The van der Waals surface area contributed by atoms with Crippen LogP contribution in [0, 0.1) is 16.2 Å². The van der Waals surface area contributed by atoms with Crippen LogP contribution in [0.2, 0.25) is 0 Å². The van der Waals surface area contributed by atoms with Crippen LogP contribution >= 0.6 is 0 Å². The highest BCUT2D eigenvalue weighted by atomic mass is 16.7. The smallest absolute Gasteiger partial charge is 0.311 e. The Bertz CT molecular complexity index is 636. The average molecular weight is 433 g/mol. The molecule has 30 heavy (non-hydrogen) atoms. The van der Waals surface area contributed by atoms with E-state index in [2.05, 4.69) is 0 Å². The minimum atomic E-state index is -1.70. The molecule has 0 bridgehead atoms. The van der Waals surface area contributed by atoms with E-state index in [9.17, 15) is 24.6 Å². The molecule has 174 valence electrons. The third-order valence-electron chi connectivity index (χ3n) is 4.36. The van der Waals surface area contributed by atoms with Gasteiger partial charge in [0.2, 0.25) is 0 Å². The van der Waals surface area contributed by atoms with E-state index >= 15 is 0 Å². The average Bonchev–Trinajstić information content (AvgIpc) is 2.56. The number of carbonyl (C=O) groups is 3. The van der Waals surface area contributed by atoms with Crippen LogP contribution < -0.4 is 0 Å². The van der Waals surface area contributed by atoms with Crippen LogP contribution in [0.3, 0.4) is 0 Å². The summed E-state index contributed by atoms with van der Waals surface area (Å²) < 4.78 is 21.9. The van der Waals surface area contributed by atoms with Crippen molar-refractivity contribution in [3.8, 4) is 0 Å². The summed E-state index contributed by atoms with van der Waals surface area (Å²) in [5.74, 6) is -1.97. The Morgan fingerprint density at radius 1 is 0.700 bits per heavy atom. The molecule has 9 nitrogen and oxygen atoms in total. The zero-order valence-corrected chi connectivity index (χ0v) is 19.3. The summed E-state index contributed by atoms with van der Waals surface area (Å²) in [6.45, 7) is 14.0. The zero-order chi connectivity index (χ0) is 23.7. The number of hydrogen-bond donors (Lipinski definition) is 2. The van der Waals surface area contributed by atoms with Gasteiger partial charge in [-0.2, -0.15) is 0 Å². The molecule has 1 saturated heterocycles. The molecule has 1 rings (SSSR count). The molecular formula is C21H36O9. The van der Waals surface area contributed by atoms with Crippen molar-refractivity contribution in [1.82, 2.24) is 0 Å². The van der Waals surface area contributed by atoms with Gasteiger partial charge in [0.1, 0.15) is 6.10 Å². The van der Waals surface area contributed by atoms with Gasteiger partial charge in [0.15, 0.2) is 24.6 Å². The third-order valence-corrected chi connectivity index (χ3v) is 4.36. The van der Waals surface area contributed by atoms with Crippen LogP contribution in [0.4, 0.5) is 0 Å². The molecule has 1 fully saturated rings. The first-order valence-electron chi connectivity index (χ1n) is 9.97. The number of aliphatic hydroxyl groups excluding tert-OH is 2. The molecule has 0 aromatic heterocycles. The van der Waals surface area contributed by atoms with E-state index in [1.807, 2.05) is 0 Å². The molecule has 0 radical (unpaired) electrons. The van der Waals surface area contributed by atoms with Gasteiger partial charge in [0, 0.05) is 0 Å². The van der Waals surface area contributed by atoms with Gasteiger partial charge >= 0.3 is 17.9 Å². The second kappa shape index (κ2) is 9.20. The van der Waals surface area contributed by atoms with E-state index in [4.69, 9.17) is 18.9 Å². The molecule has 5 atom stereocenters. The summed E-state index contributed by atoms with van der Waals surface area (Å²) in [7, 11) is 0. The summed E-state index contributed by atoms with van der Waals surface area (Å²) in [5.41, 5.74) is -2.73. The van der Waals surface area contributed by atoms with Crippen molar-refractivity contribution in [2.75, 3.05) is 6.61 Å². The quantitative estimate of drug-likeness (QED) is 0.502. The number of aliphatic hydroxyl groups is 2. The molecule has 0 spiro atoms. The predicted molar refractivity (Wildman–Crippen MR) is 106 cm³/mol. The SMILES string of the molecule is CC(C)(C)C(=O)O[C@@H]1[C@@H](OC(=O)C(C)(C)C)[C@H](O)O[C@H](CO)[C@@H]1OC(=O)C(C)(C)C. The molecule has 0 aliphatic carbocycles. The lowest BCUT2D eigenvalue weighted by Gasteiger charge is -2.44. The summed E-state index contributed by atoms with van der Waals surface area (Å²) >= 11 is 0. The lowest BCUT2D eigenvalue weighted by atomic mass is 9.93. The molecule has 1 aliphatic rings. The van der Waals surface area contributed by atoms with Crippen molar-refractivity contribution in [3.63, 3.8) is 0 Å². The Hall–Kier alpha value is -1.71. The fourth-order valence-corrected chi connectivity index (χ4v) is 2.35. The number of esters is 3. The van der Waals surface area contributed by atoms with Crippen molar-refractivity contribution < 1.29 is 43.5 Å². The standard InChI is InChI=1S/C21H36O9/c1-19(2,3)16(24)28-12-11(10-22)27-15(23)14(30-18(26)21(7,8)9)13(12)29-17(25)20(4,5)6/h11-15,22-23H,10H2,1-9H3/t11-,12+,13+,14-,15-/m1/s1. The molecule has 0 amide bonds. The molecule has 0 saturated carbocycles. The highest BCUT2D eigenvalue weighted by Gasteiger charge is 2.53.